The Morgan fingerprint density at radius 1 is 1.46 bits per heavy atom. The molecule has 13 heavy (non-hydrogen) atoms. The van der Waals surface area contributed by atoms with E-state index in [1.165, 1.54) is 0 Å². The Kier molecular flexibility index (Phi) is 3.48. The molecule has 1 saturated heterocycles. The Morgan fingerprint density at radius 2 is 2.00 bits per heavy atom. The normalized spacial score (nSPS) is 18.3. The molecule has 0 aliphatic carbocycles. The number of rotatable bonds is 2. The molecule has 1 heterocycles. The number of amides is 1. The maximum absolute atomic E-state index is 11.5. The highest BCUT2D eigenvalue weighted by atomic mass is 16.2. The van der Waals surface area contributed by atoms with Crippen LogP contribution in [0.5, 0.6) is 0 Å². The molecule has 0 atom stereocenters. The van der Waals surface area contributed by atoms with Crippen LogP contribution in [0.1, 0.15) is 19.8 Å². The molecule has 1 amide bonds. The Hall–Kier alpha value is -0.830. The number of piperidine rings is 1. The van der Waals surface area contributed by atoms with Crippen molar-refractivity contribution >= 4 is 5.91 Å². The number of nitrogens with one attached hydrogen (secondary N) is 1. The third kappa shape index (κ3) is 2.56. The van der Waals surface area contributed by atoms with Crippen molar-refractivity contribution in [3.63, 3.8) is 0 Å². The van der Waals surface area contributed by atoms with Crippen molar-refractivity contribution in [2.24, 2.45) is 0 Å². The van der Waals surface area contributed by atoms with Gasteiger partial charge in [-0.3, -0.25) is 4.79 Å². The largest absolute Gasteiger partial charge is 0.339 e. The van der Waals surface area contributed by atoms with Crippen molar-refractivity contribution in [3.05, 3.63) is 12.2 Å². The van der Waals surface area contributed by atoms with Gasteiger partial charge in [-0.1, -0.05) is 6.58 Å². The average molecular weight is 182 g/mol. The van der Waals surface area contributed by atoms with E-state index in [0.717, 1.165) is 25.9 Å². The third-order valence-corrected chi connectivity index (χ3v) is 2.54. The summed E-state index contributed by atoms with van der Waals surface area (Å²) in [5.74, 6) is 0.0758. The molecule has 0 unspecified atom stereocenters. The monoisotopic (exact) mass is 182 g/mol. The molecule has 0 aromatic carbocycles. The molecule has 1 rings (SSSR count). The summed E-state index contributed by atoms with van der Waals surface area (Å²) in [4.78, 5) is 13.4. The first kappa shape index (κ1) is 10.3. The minimum Gasteiger partial charge on any atom is -0.339 e. The standard InChI is InChI=1S/C10H18N2O/c1-8(2)10(13)12(3)9-4-6-11-7-5-9/h9,11H,1,4-7H2,2-3H3. The molecule has 0 spiro atoms. The van der Waals surface area contributed by atoms with E-state index in [2.05, 4.69) is 11.9 Å². The Bertz CT molecular complexity index is 207. The van der Waals surface area contributed by atoms with Gasteiger partial charge in [-0.25, -0.2) is 0 Å². The molecule has 0 aromatic heterocycles. The molecule has 1 N–H and O–H groups in total. The van der Waals surface area contributed by atoms with Gasteiger partial charge in [0.2, 0.25) is 5.91 Å². The summed E-state index contributed by atoms with van der Waals surface area (Å²) in [5, 5.41) is 3.28. The van der Waals surface area contributed by atoms with Gasteiger partial charge >= 0.3 is 0 Å². The molecular formula is C10H18N2O. The topological polar surface area (TPSA) is 32.3 Å². The Balaban J connectivity index is 2.49. The van der Waals surface area contributed by atoms with Crippen LogP contribution >= 0.6 is 0 Å². The number of nitrogens with zero attached hydrogens (tertiary/aromatic N) is 1. The van der Waals surface area contributed by atoms with E-state index < -0.39 is 0 Å². The SMILES string of the molecule is C=C(C)C(=O)N(C)C1CCNCC1. The second kappa shape index (κ2) is 4.42. The fourth-order valence-electron chi connectivity index (χ4n) is 1.66. The molecule has 0 saturated carbocycles. The van der Waals surface area contributed by atoms with Crippen LogP contribution in [0.4, 0.5) is 0 Å². The van der Waals surface area contributed by atoms with E-state index in [1.54, 1.807) is 6.92 Å². The zero-order valence-electron chi connectivity index (χ0n) is 8.47. The zero-order valence-corrected chi connectivity index (χ0v) is 8.47. The molecule has 1 aliphatic heterocycles. The van der Waals surface area contributed by atoms with Gasteiger partial charge in [-0.05, 0) is 32.9 Å². The minimum atomic E-state index is 0.0758. The van der Waals surface area contributed by atoms with Crippen molar-refractivity contribution in [1.82, 2.24) is 10.2 Å². The summed E-state index contributed by atoms with van der Waals surface area (Å²) in [7, 11) is 1.87. The minimum absolute atomic E-state index is 0.0758. The van der Waals surface area contributed by atoms with E-state index in [9.17, 15) is 4.79 Å². The van der Waals surface area contributed by atoms with Gasteiger partial charge < -0.3 is 10.2 Å². The summed E-state index contributed by atoms with van der Waals surface area (Å²) in [6, 6.07) is 0.394. The Morgan fingerprint density at radius 3 is 2.46 bits per heavy atom. The molecular weight excluding hydrogens is 164 g/mol. The molecule has 74 valence electrons. The third-order valence-electron chi connectivity index (χ3n) is 2.54. The summed E-state index contributed by atoms with van der Waals surface area (Å²) in [6.07, 6.45) is 2.10. The summed E-state index contributed by atoms with van der Waals surface area (Å²) in [5.41, 5.74) is 0.626. The van der Waals surface area contributed by atoms with Gasteiger partial charge in [-0.2, -0.15) is 0 Å². The van der Waals surface area contributed by atoms with Gasteiger partial charge in [0.15, 0.2) is 0 Å². The maximum atomic E-state index is 11.5. The molecule has 0 bridgehead atoms. The van der Waals surface area contributed by atoms with E-state index in [4.69, 9.17) is 0 Å². The summed E-state index contributed by atoms with van der Waals surface area (Å²) in [6.45, 7) is 7.45. The number of hydrogen-bond donors (Lipinski definition) is 1. The second-order valence-corrected chi connectivity index (χ2v) is 3.68. The van der Waals surface area contributed by atoms with Gasteiger partial charge in [0, 0.05) is 18.7 Å². The van der Waals surface area contributed by atoms with Gasteiger partial charge in [0.1, 0.15) is 0 Å². The van der Waals surface area contributed by atoms with E-state index in [1.807, 2.05) is 11.9 Å². The van der Waals surface area contributed by atoms with E-state index in [-0.39, 0.29) is 5.91 Å². The van der Waals surface area contributed by atoms with Gasteiger partial charge in [0.05, 0.1) is 0 Å². The lowest BCUT2D eigenvalue weighted by Gasteiger charge is -2.31. The van der Waals surface area contributed by atoms with Crippen LogP contribution in [-0.2, 0) is 4.79 Å². The molecule has 3 heteroatoms. The van der Waals surface area contributed by atoms with Gasteiger partial charge in [-0.15, -0.1) is 0 Å². The van der Waals surface area contributed by atoms with Crippen LogP contribution in [0, 0.1) is 0 Å². The predicted molar refractivity (Wildman–Crippen MR) is 53.5 cm³/mol. The fraction of sp³-hybridized carbons (Fsp3) is 0.700. The predicted octanol–water partition coefficient (Wildman–Crippen LogP) is 0.773. The fourth-order valence-corrected chi connectivity index (χ4v) is 1.66. The van der Waals surface area contributed by atoms with Crippen molar-refractivity contribution in [1.29, 1.82) is 0 Å². The quantitative estimate of drug-likeness (QED) is 0.640. The van der Waals surface area contributed by atoms with Crippen LogP contribution < -0.4 is 5.32 Å². The number of likely N-dealkylation sites (N-methyl/N-ethyl adjacent to an activating group) is 1. The first-order chi connectivity index (χ1) is 6.13. The van der Waals surface area contributed by atoms with E-state index >= 15 is 0 Å². The zero-order chi connectivity index (χ0) is 9.84. The maximum Gasteiger partial charge on any atom is 0.248 e. The van der Waals surface area contributed by atoms with Crippen LogP contribution in [0.3, 0.4) is 0 Å². The van der Waals surface area contributed by atoms with Crippen LogP contribution in [0.15, 0.2) is 12.2 Å². The number of carbonyl (C=O) groups excluding carboxylic acids is 1. The molecule has 1 fully saturated rings. The van der Waals surface area contributed by atoms with Crippen LogP contribution in [0.2, 0.25) is 0 Å². The van der Waals surface area contributed by atoms with Crippen LogP contribution in [0.25, 0.3) is 0 Å². The number of carbonyl (C=O) groups is 1. The van der Waals surface area contributed by atoms with Crippen molar-refractivity contribution in [3.8, 4) is 0 Å². The smallest absolute Gasteiger partial charge is 0.248 e. The first-order valence-electron chi connectivity index (χ1n) is 4.76. The molecule has 0 aromatic rings. The van der Waals surface area contributed by atoms with Gasteiger partial charge in [0.25, 0.3) is 0 Å². The second-order valence-electron chi connectivity index (χ2n) is 3.68. The van der Waals surface area contributed by atoms with Crippen molar-refractivity contribution in [2.75, 3.05) is 20.1 Å². The highest BCUT2D eigenvalue weighted by Gasteiger charge is 2.21. The van der Waals surface area contributed by atoms with Crippen molar-refractivity contribution < 1.29 is 4.79 Å². The summed E-state index contributed by atoms with van der Waals surface area (Å²) >= 11 is 0. The molecule has 0 radical (unpaired) electrons. The van der Waals surface area contributed by atoms with E-state index in [0.29, 0.717) is 11.6 Å². The summed E-state index contributed by atoms with van der Waals surface area (Å²) < 4.78 is 0. The lowest BCUT2D eigenvalue weighted by Crippen LogP contribution is -2.44. The average Bonchev–Trinajstić information content (AvgIpc) is 2.17. The molecule has 3 nitrogen and oxygen atoms in total. The number of hydrogen-bond acceptors (Lipinski definition) is 2. The lowest BCUT2D eigenvalue weighted by molar-refractivity contribution is -0.128. The van der Waals surface area contributed by atoms with Crippen LogP contribution in [-0.4, -0.2) is 37.0 Å². The first-order valence-corrected chi connectivity index (χ1v) is 4.76. The highest BCUT2D eigenvalue weighted by molar-refractivity contribution is 5.92. The highest BCUT2D eigenvalue weighted by Crippen LogP contribution is 2.11. The lowest BCUT2D eigenvalue weighted by atomic mass is 10.0. The van der Waals surface area contributed by atoms with Crippen molar-refractivity contribution in [2.45, 2.75) is 25.8 Å². The Labute approximate surface area is 79.8 Å². The molecule has 1 aliphatic rings.